The van der Waals surface area contributed by atoms with Crippen LogP contribution < -0.4 is 10.1 Å². The Hall–Kier alpha value is -3.46. The molecule has 172 valence electrons. The zero-order valence-corrected chi connectivity index (χ0v) is 19.6. The van der Waals surface area contributed by atoms with Crippen LogP contribution >= 0.6 is 0 Å². The van der Waals surface area contributed by atoms with Crippen LogP contribution in [0.3, 0.4) is 0 Å². The fourth-order valence-corrected chi connectivity index (χ4v) is 4.76. The molecule has 0 aliphatic carbocycles. The van der Waals surface area contributed by atoms with E-state index >= 15 is 0 Å². The molecule has 1 atom stereocenters. The Morgan fingerprint density at radius 1 is 1.15 bits per heavy atom. The van der Waals surface area contributed by atoms with Crippen molar-refractivity contribution in [3.05, 3.63) is 71.7 Å². The Bertz CT molecular complexity index is 1290. The maximum atomic E-state index is 12.9. The lowest BCUT2D eigenvalue weighted by Gasteiger charge is -2.17. The highest BCUT2D eigenvalue weighted by Gasteiger charge is 2.32. The summed E-state index contributed by atoms with van der Waals surface area (Å²) in [6.07, 6.45) is 3.33. The van der Waals surface area contributed by atoms with Crippen molar-refractivity contribution in [2.45, 2.75) is 25.5 Å². The number of aryl methyl sites for hydroxylation is 2. The molecule has 1 aliphatic rings. The van der Waals surface area contributed by atoms with E-state index in [1.165, 1.54) is 6.26 Å². The lowest BCUT2D eigenvalue weighted by Crippen LogP contribution is -2.31. The summed E-state index contributed by atoms with van der Waals surface area (Å²) >= 11 is 0. The van der Waals surface area contributed by atoms with Crippen molar-refractivity contribution in [3.8, 4) is 11.5 Å². The highest BCUT2D eigenvalue weighted by atomic mass is 32.2. The molecule has 1 saturated heterocycles. The summed E-state index contributed by atoms with van der Waals surface area (Å²) in [6, 6.07) is 14.4. The molecule has 0 spiro atoms. The van der Waals surface area contributed by atoms with Crippen molar-refractivity contribution in [2.24, 2.45) is 0 Å². The standard InChI is InChI=1S/C24H26N4O4S/c1-16-7-8-22(17(2)26-16)32-20-9-11-25-23(14-20)27-19-6-4-5-18(13-19)24(29)28-12-10-21(15-28)33(3,30)31/h4-9,11,13-14,21H,10,12,15H2,1-3H3,(H,25,27)/t21-/m1/s1. The number of likely N-dealkylation sites (tertiary alicyclic amines) is 1. The topological polar surface area (TPSA) is 101 Å². The van der Waals surface area contributed by atoms with Gasteiger partial charge in [-0.25, -0.2) is 13.4 Å². The second kappa shape index (κ2) is 9.19. The summed E-state index contributed by atoms with van der Waals surface area (Å²) in [6.45, 7) is 4.48. The summed E-state index contributed by atoms with van der Waals surface area (Å²) in [5.41, 5.74) is 2.90. The van der Waals surface area contributed by atoms with Crippen LogP contribution in [-0.2, 0) is 9.84 Å². The van der Waals surface area contributed by atoms with Crippen molar-refractivity contribution in [1.29, 1.82) is 0 Å². The smallest absolute Gasteiger partial charge is 0.253 e. The third-order valence-corrected chi connectivity index (χ3v) is 7.15. The molecule has 0 saturated carbocycles. The molecule has 4 rings (SSSR count). The lowest BCUT2D eigenvalue weighted by atomic mass is 10.1. The van der Waals surface area contributed by atoms with Crippen molar-refractivity contribution in [2.75, 3.05) is 24.7 Å². The average molecular weight is 467 g/mol. The molecule has 1 aromatic carbocycles. The van der Waals surface area contributed by atoms with Gasteiger partial charge in [-0.1, -0.05) is 6.07 Å². The third-order valence-electron chi connectivity index (χ3n) is 5.56. The zero-order valence-electron chi connectivity index (χ0n) is 18.8. The van der Waals surface area contributed by atoms with Gasteiger partial charge in [0.15, 0.2) is 9.84 Å². The SMILES string of the molecule is Cc1ccc(Oc2ccnc(Nc3cccc(C(=O)N4CC[C@@H](S(C)(=O)=O)C4)c3)c2)c(C)n1. The molecular formula is C24H26N4O4S. The summed E-state index contributed by atoms with van der Waals surface area (Å²) in [4.78, 5) is 23.2. The van der Waals surface area contributed by atoms with Gasteiger partial charge in [0.25, 0.3) is 5.91 Å². The zero-order chi connectivity index (χ0) is 23.6. The summed E-state index contributed by atoms with van der Waals surface area (Å²) in [5, 5.41) is 2.70. The number of anilines is 2. The monoisotopic (exact) mass is 466 g/mol. The van der Waals surface area contributed by atoms with E-state index in [1.807, 2.05) is 32.0 Å². The quantitative estimate of drug-likeness (QED) is 0.588. The number of carbonyl (C=O) groups is 1. The van der Waals surface area contributed by atoms with Crippen LogP contribution in [-0.4, -0.2) is 53.8 Å². The Morgan fingerprint density at radius 3 is 2.70 bits per heavy atom. The predicted molar refractivity (Wildman–Crippen MR) is 127 cm³/mol. The van der Waals surface area contributed by atoms with Gasteiger partial charge in [-0.3, -0.25) is 9.78 Å². The number of nitrogens with one attached hydrogen (secondary N) is 1. The molecular weight excluding hydrogens is 440 g/mol. The van der Waals surface area contributed by atoms with Gasteiger partial charge in [-0.15, -0.1) is 0 Å². The molecule has 1 aliphatic heterocycles. The molecule has 0 radical (unpaired) electrons. The van der Waals surface area contributed by atoms with E-state index in [0.717, 1.165) is 11.4 Å². The van der Waals surface area contributed by atoms with Gasteiger partial charge >= 0.3 is 0 Å². The minimum atomic E-state index is -3.16. The number of nitrogens with zero attached hydrogens (tertiary/aromatic N) is 3. The van der Waals surface area contributed by atoms with E-state index in [9.17, 15) is 13.2 Å². The number of hydrogen-bond donors (Lipinski definition) is 1. The molecule has 3 aromatic rings. The fraction of sp³-hybridized carbons (Fsp3) is 0.292. The molecule has 1 amide bonds. The first-order valence-electron chi connectivity index (χ1n) is 10.6. The lowest BCUT2D eigenvalue weighted by molar-refractivity contribution is 0.0793. The Kier molecular flexibility index (Phi) is 6.33. The number of benzene rings is 1. The van der Waals surface area contributed by atoms with Crippen LogP contribution in [0, 0.1) is 13.8 Å². The number of hydrogen-bond acceptors (Lipinski definition) is 7. The minimum Gasteiger partial charge on any atom is -0.455 e. The maximum Gasteiger partial charge on any atom is 0.253 e. The number of aromatic nitrogens is 2. The molecule has 2 aromatic heterocycles. The Morgan fingerprint density at radius 2 is 1.97 bits per heavy atom. The molecule has 0 bridgehead atoms. The predicted octanol–water partition coefficient (Wildman–Crippen LogP) is 3.89. The molecule has 8 nitrogen and oxygen atoms in total. The molecule has 1 fully saturated rings. The number of rotatable bonds is 6. The number of pyridine rings is 2. The van der Waals surface area contributed by atoms with Gasteiger partial charge < -0.3 is 15.0 Å². The third kappa shape index (κ3) is 5.48. The van der Waals surface area contributed by atoms with Gasteiger partial charge in [0, 0.05) is 48.6 Å². The highest BCUT2D eigenvalue weighted by molar-refractivity contribution is 7.91. The molecule has 9 heteroatoms. The van der Waals surface area contributed by atoms with E-state index in [1.54, 1.807) is 41.4 Å². The number of amides is 1. The van der Waals surface area contributed by atoms with Crippen LogP contribution in [0.25, 0.3) is 0 Å². The first-order valence-corrected chi connectivity index (χ1v) is 12.6. The van der Waals surface area contributed by atoms with Gasteiger partial charge in [0.1, 0.15) is 17.3 Å². The molecule has 33 heavy (non-hydrogen) atoms. The van der Waals surface area contributed by atoms with Crippen molar-refractivity contribution in [3.63, 3.8) is 0 Å². The molecule has 3 heterocycles. The first-order chi connectivity index (χ1) is 15.7. The van der Waals surface area contributed by atoms with Crippen LogP contribution in [0.1, 0.15) is 28.2 Å². The molecule has 0 unspecified atom stereocenters. The van der Waals surface area contributed by atoms with Gasteiger partial charge in [0.05, 0.1) is 10.9 Å². The largest absolute Gasteiger partial charge is 0.455 e. The van der Waals surface area contributed by atoms with Crippen LogP contribution in [0.2, 0.25) is 0 Å². The normalized spacial score (nSPS) is 16.0. The fourth-order valence-electron chi connectivity index (χ4n) is 3.77. The molecule has 1 N–H and O–H groups in total. The second-order valence-electron chi connectivity index (χ2n) is 8.21. The van der Waals surface area contributed by atoms with Gasteiger partial charge in [0.2, 0.25) is 0 Å². The van der Waals surface area contributed by atoms with Crippen molar-refractivity contribution in [1.82, 2.24) is 14.9 Å². The van der Waals surface area contributed by atoms with Gasteiger partial charge in [-0.2, -0.15) is 0 Å². The number of carbonyl (C=O) groups excluding carboxylic acids is 1. The summed E-state index contributed by atoms with van der Waals surface area (Å²) in [5.74, 6) is 1.66. The second-order valence-corrected chi connectivity index (χ2v) is 10.5. The summed E-state index contributed by atoms with van der Waals surface area (Å²) < 4.78 is 29.6. The first kappa shape index (κ1) is 22.7. The Balaban J connectivity index is 1.46. The van der Waals surface area contributed by atoms with E-state index in [0.29, 0.717) is 41.5 Å². The van der Waals surface area contributed by atoms with Crippen molar-refractivity contribution < 1.29 is 17.9 Å². The highest BCUT2D eigenvalue weighted by Crippen LogP contribution is 2.27. The number of ether oxygens (including phenoxy) is 1. The van der Waals surface area contributed by atoms with Crippen LogP contribution in [0.4, 0.5) is 11.5 Å². The minimum absolute atomic E-state index is 0.183. The number of sulfone groups is 1. The van der Waals surface area contributed by atoms with E-state index in [4.69, 9.17) is 4.74 Å². The van der Waals surface area contributed by atoms with E-state index < -0.39 is 15.1 Å². The average Bonchev–Trinajstić information content (AvgIpc) is 3.27. The van der Waals surface area contributed by atoms with Crippen LogP contribution in [0.15, 0.2) is 54.7 Å². The van der Waals surface area contributed by atoms with Crippen molar-refractivity contribution >= 4 is 27.2 Å². The maximum absolute atomic E-state index is 12.9. The van der Waals surface area contributed by atoms with E-state index in [2.05, 4.69) is 15.3 Å². The van der Waals surface area contributed by atoms with Gasteiger partial charge in [-0.05, 0) is 56.7 Å². The summed E-state index contributed by atoms with van der Waals surface area (Å²) in [7, 11) is -3.16. The Labute approximate surface area is 193 Å². The van der Waals surface area contributed by atoms with E-state index in [-0.39, 0.29) is 12.5 Å². The van der Waals surface area contributed by atoms with Crippen LogP contribution in [0.5, 0.6) is 11.5 Å².